The monoisotopic (exact) mass is 342 g/mol. The predicted octanol–water partition coefficient (Wildman–Crippen LogP) is -5.40. The third-order valence-corrected chi connectivity index (χ3v) is 4.07. The van der Waals surface area contributed by atoms with Crippen molar-refractivity contribution in [2.45, 2.75) is 54.8 Å². The Morgan fingerprint density at radius 1 is 0.783 bits per heavy atom. The maximum Gasteiger partial charge on any atom is 0.224 e. The Labute approximate surface area is 130 Å². The van der Waals surface area contributed by atoms with Crippen LogP contribution in [-0.4, -0.2) is 115 Å². The van der Waals surface area contributed by atoms with Crippen molar-refractivity contribution in [1.29, 1.82) is 0 Å². The van der Waals surface area contributed by atoms with Crippen LogP contribution in [0.15, 0.2) is 0 Å². The summed E-state index contributed by atoms with van der Waals surface area (Å²) >= 11 is 0. The third kappa shape index (κ3) is 3.23. The van der Waals surface area contributed by atoms with E-state index >= 15 is 0 Å². The summed E-state index contributed by atoms with van der Waals surface area (Å²) in [4.78, 5) is 0. The van der Waals surface area contributed by atoms with Crippen molar-refractivity contribution in [3.63, 3.8) is 0 Å². The molecule has 11 nitrogen and oxygen atoms in total. The second kappa shape index (κ2) is 7.21. The minimum Gasteiger partial charge on any atom is -0.394 e. The molecular formula is C12H22O11. The topological polar surface area (TPSA) is 190 Å². The smallest absolute Gasteiger partial charge is 0.224 e. The van der Waals surface area contributed by atoms with Gasteiger partial charge in [0.25, 0.3) is 0 Å². The molecule has 2 fully saturated rings. The van der Waals surface area contributed by atoms with Crippen LogP contribution in [0, 0.1) is 0 Å². The molecule has 136 valence electrons. The van der Waals surface area contributed by atoms with Gasteiger partial charge in [-0.1, -0.05) is 0 Å². The van der Waals surface area contributed by atoms with Gasteiger partial charge in [-0.25, -0.2) is 0 Å². The van der Waals surface area contributed by atoms with Crippen molar-refractivity contribution in [3.8, 4) is 0 Å². The number of hydrogen-bond donors (Lipinski definition) is 8. The Morgan fingerprint density at radius 3 is 1.87 bits per heavy atom. The van der Waals surface area contributed by atoms with E-state index in [-0.39, 0.29) is 0 Å². The zero-order chi connectivity index (χ0) is 17.4. The molecule has 9 atom stereocenters. The van der Waals surface area contributed by atoms with Crippen molar-refractivity contribution in [2.75, 3.05) is 19.8 Å². The number of ether oxygens (including phenoxy) is 3. The molecule has 2 rings (SSSR count). The largest absolute Gasteiger partial charge is 0.394 e. The molecular weight excluding hydrogens is 320 g/mol. The molecule has 0 spiro atoms. The van der Waals surface area contributed by atoms with Crippen molar-refractivity contribution < 1.29 is 55.1 Å². The lowest BCUT2D eigenvalue weighted by molar-refractivity contribution is -0.383. The van der Waals surface area contributed by atoms with Crippen LogP contribution in [-0.2, 0) is 14.2 Å². The lowest BCUT2D eigenvalue weighted by Gasteiger charge is -2.43. The highest BCUT2D eigenvalue weighted by atomic mass is 16.8. The van der Waals surface area contributed by atoms with Crippen LogP contribution >= 0.6 is 0 Å². The molecule has 0 radical (unpaired) electrons. The molecule has 0 aromatic rings. The van der Waals surface area contributed by atoms with Gasteiger partial charge in [0.05, 0.1) is 13.2 Å². The number of rotatable bonds is 5. The molecule has 8 N–H and O–H groups in total. The molecule has 0 bridgehead atoms. The van der Waals surface area contributed by atoms with E-state index in [0.717, 1.165) is 0 Å². The molecule has 2 saturated heterocycles. The summed E-state index contributed by atoms with van der Waals surface area (Å²) in [5.41, 5.74) is 0. The van der Waals surface area contributed by atoms with E-state index in [4.69, 9.17) is 24.4 Å². The Kier molecular flexibility index (Phi) is 5.92. The zero-order valence-corrected chi connectivity index (χ0v) is 12.0. The van der Waals surface area contributed by atoms with Crippen molar-refractivity contribution in [3.05, 3.63) is 0 Å². The first kappa shape index (κ1) is 18.9. The first-order chi connectivity index (χ1) is 10.8. The minimum absolute atomic E-state index is 0.669. The normalized spacial score (nSPS) is 51.1. The second-order valence-corrected chi connectivity index (χ2v) is 5.56. The fourth-order valence-electron chi connectivity index (χ4n) is 2.63. The lowest BCUT2D eigenvalue weighted by atomic mass is 9.99. The van der Waals surface area contributed by atoms with Gasteiger partial charge in [-0.3, -0.25) is 0 Å². The molecule has 23 heavy (non-hydrogen) atoms. The number of aliphatic hydroxyl groups excluding tert-OH is 8. The SMILES string of the molecule is OC[C@@H]1O[C@@](CO)(O[C@@H]2O[C@H](CO)[C@@H](O)[C@H](O)[C@@H]2O)[C@H](O)[C@@H]1O. The van der Waals surface area contributed by atoms with Gasteiger partial charge in [0, 0.05) is 0 Å². The standard InChI is InChI=1S/C12H22O11/c13-1-4-6(16)8(18)9(19)11(21-4)23-12(3-15)10(20)7(17)5(2-14)22-12/h4-11,13-20H,1-3H2/t4-,5+,6-,7-,8+,9+,10-,11+,12+/m1/s1. The highest BCUT2D eigenvalue weighted by molar-refractivity contribution is 4.98. The Morgan fingerprint density at radius 2 is 1.39 bits per heavy atom. The maximum absolute atomic E-state index is 10.00. The Hall–Kier alpha value is -0.440. The maximum atomic E-state index is 10.00. The van der Waals surface area contributed by atoms with Crippen LogP contribution < -0.4 is 0 Å². The summed E-state index contributed by atoms with van der Waals surface area (Å²) in [5.74, 6) is -2.22. The van der Waals surface area contributed by atoms with Gasteiger partial charge in [0.15, 0.2) is 6.29 Å². The van der Waals surface area contributed by atoms with Crippen LogP contribution in [0.2, 0.25) is 0 Å². The van der Waals surface area contributed by atoms with Gasteiger partial charge < -0.3 is 55.1 Å². The van der Waals surface area contributed by atoms with Gasteiger partial charge in [-0.05, 0) is 0 Å². The Balaban J connectivity index is 2.18. The molecule has 0 saturated carbocycles. The average Bonchev–Trinajstić information content (AvgIpc) is 2.80. The van der Waals surface area contributed by atoms with Crippen LogP contribution in [0.25, 0.3) is 0 Å². The molecule has 2 heterocycles. The molecule has 2 aliphatic heterocycles. The summed E-state index contributed by atoms with van der Waals surface area (Å²) in [6.45, 7) is -2.32. The van der Waals surface area contributed by atoms with Gasteiger partial charge in [-0.15, -0.1) is 0 Å². The Bertz CT molecular complexity index is 393. The average molecular weight is 342 g/mol. The fraction of sp³-hybridized carbons (Fsp3) is 1.00. The van der Waals surface area contributed by atoms with Crippen LogP contribution in [0.3, 0.4) is 0 Å². The van der Waals surface area contributed by atoms with Crippen LogP contribution in [0.1, 0.15) is 0 Å². The van der Waals surface area contributed by atoms with E-state index in [9.17, 15) is 30.6 Å². The van der Waals surface area contributed by atoms with Gasteiger partial charge >= 0.3 is 0 Å². The van der Waals surface area contributed by atoms with Crippen LogP contribution in [0.5, 0.6) is 0 Å². The highest BCUT2D eigenvalue weighted by Gasteiger charge is 2.58. The summed E-state index contributed by atoms with van der Waals surface area (Å²) < 4.78 is 15.4. The third-order valence-electron chi connectivity index (χ3n) is 4.07. The van der Waals surface area contributed by atoms with E-state index in [2.05, 4.69) is 0 Å². The van der Waals surface area contributed by atoms with E-state index in [1.807, 2.05) is 0 Å². The summed E-state index contributed by atoms with van der Waals surface area (Å²) in [7, 11) is 0. The van der Waals surface area contributed by atoms with Gasteiger partial charge in [0.1, 0.15) is 49.3 Å². The predicted molar refractivity (Wildman–Crippen MR) is 68.6 cm³/mol. The minimum atomic E-state index is -2.22. The van der Waals surface area contributed by atoms with E-state index in [0.29, 0.717) is 0 Å². The highest BCUT2D eigenvalue weighted by Crippen LogP contribution is 2.35. The van der Waals surface area contributed by atoms with Crippen molar-refractivity contribution in [2.24, 2.45) is 0 Å². The quantitative estimate of drug-likeness (QED) is 0.238. The lowest BCUT2D eigenvalue weighted by Crippen LogP contribution is -2.62. The molecule has 0 unspecified atom stereocenters. The number of aliphatic hydroxyl groups is 8. The molecule has 0 aromatic heterocycles. The molecule has 2 aliphatic rings. The first-order valence-corrected chi connectivity index (χ1v) is 7.05. The van der Waals surface area contributed by atoms with Crippen LogP contribution in [0.4, 0.5) is 0 Å². The number of hydrogen-bond acceptors (Lipinski definition) is 11. The van der Waals surface area contributed by atoms with E-state index in [1.165, 1.54) is 0 Å². The zero-order valence-electron chi connectivity index (χ0n) is 12.0. The molecule has 0 aromatic carbocycles. The summed E-state index contributed by atoms with van der Waals surface area (Å²) in [6, 6.07) is 0. The van der Waals surface area contributed by atoms with Gasteiger partial charge in [0.2, 0.25) is 5.79 Å². The van der Waals surface area contributed by atoms with Crippen molar-refractivity contribution in [1.82, 2.24) is 0 Å². The fourth-order valence-corrected chi connectivity index (χ4v) is 2.63. The van der Waals surface area contributed by atoms with E-state index in [1.54, 1.807) is 0 Å². The first-order valence-electron chi connectivity index (χ1n) is 7.05. The van der Waals surface area contributed by atoms with Crippen molar-refractivity contribution >= 4 is 0 Å². The summed E-state index contributed by atoms with van der Waals surface area (Å²) in [5, 5.41) is 76.7. The molecule has 11 heteroatoms. The molecule has 0 aliphatic carbocycles. The van der Waals surface area contributed by atoms with Gasteiger partial charge in [-0.2, -0.15) is 0 Å². The van der Waals surface area contributed by atoms with E-state index < -0.39 is 74.6 Å². The second-order valence-electron chi connectivity index (χ2n) is 5.56. The summed E-state index contributed by atoms with van der Waals surface area (Å²) in [6.07, 6.45) is -12.7. The molecule has 0 amide bonds.